The van der Waals surface area contributed by atoms with Crippen LogP contribution in [0.3, 0.4) is 0 Å². The summed E-state index contributed by atoms with van der Waals surface area (Å²) in [7, 11) is 1.57. The molecule has 142 valence electrons. The van der Waals surface area contributed by atoms with Crippen LogP contribution in [-0.2, 0) is 0 Å². The number of amides is 3. The zero-order valence-corrected chi connectivity index (χ0v) is 16.1. The number of halogens is 1. The van der Waals surface area contributed by atoms with Gasteiger partial charge in [0.1, 0.15) is 5.75 Å². The second-order valence-corrected chi connectivity index (χ2v) is 6.81. The first-order valence-electron chi connectivity index (χ1n) is 8.73. The van der Waals surface area contributed by atoms with E-state index in [0.717, 1.165) is 5.56 Å². The SMILES string of the molecule is COc1cccc(C(=O)N2CCN(C(=O)Nc3ccc(C)c(Cl)c3)CC2)c1. The first-order chi connectivity index (χ1) is 13.0. The van der Waals surface area contributed by atoms with Crippen molar-refractivity contribution in [2.45, 2.75) is 6.92 Å². The molecular weight excluding hydrogens is 366 g/mol. The van der Waals surface area contributed by atoms with Crippen molar-refractivity contribution >= 4 is 29.2 Å². The largest absolute Gasteiger partial charge is 0.497 e. The number of rotatable bonds is 3. The lowest BCUT2D eigenvalue weighted by molar-refractivity contribution is 0.0671. The van der Waals surface area contributed by atoms with Gasteiger partial charge in [-0.05, 0) is 42.8 Å². The Balaban J connectivity index is 1.56. The Bertz CT molecular complexity index is 848. The topological polar surface area (TPSA) is 61.9 Å². The summed E-state index contributed by atoms with van der Waals surface area (Å²) >= 11 is 6.10. The molecule has 0 aromatic heterocycles. The first kappa shape index (κ1) is 19.0. The fourth-order valence-corrected chi connectivity index (χ4v) is 3.10. The highest BCUT2D eigenvalue weighted by atomic mass is 35.5. The van der Waals surface area contributed by atoms with Crippen LogP contribution < -0.4 is 10.1 Å². The number of anilines is 1. The van der Waals surface area contributed by atoms with Crippen LogP contribution in [0.15, 0.2) is 42.5 Å². The normalized spacial score (nSPS) is 14.0. The predicted molar refractivity (Wildman–Crippen MR) is 106 cm³/mol. The molecule has 0 aliphatic carbocycles. The Kier molecular flexibility index (Phi) is 5.86. The number of aryl methyl sites for hydroxylation is 1. The molecule has 3 amide bonds. The molecule has 2 aromatic rings. The summed E-state index contributed by atoms with van der Waals surface area (Å²) in [5.41, 5.74) is 2.20. The number of nitrogens with zero attached hydrogens (tertiary/aromatic N) is 2. The molecule has 7 heteroatoms. The maximum absolute atomic E-state index is 12.6. The van der Waals surface area contributed by atoms with Gasteiger partial charge in [-0.2, -0.15) is 0 Å². The minimum absolute atomic E-state index is 0.0562. The molecule has 2 aromatic carbocycles. The van der Waals surface area contributed by atoms with Crippen molar-refractivity contribution < 1.29 is 14.3 Å². The number of carbonyl (C=O) groups is 2. The van der Waals surface area contributed by atoms with Crippen LogP contribution in [0.25, 0.3) is 0 Å². The molecule has 6 nitrogen and oxygen atoms in total. The fourth-order valence-electron chi connectivity index (χ4n) is 2.92. The third-order valence-corrected chi connectivity index (χ3v) is 5.00. The van der Waals surface area contributed by atoms with Crippen LogP contribution in [0.5, 0.6) is 5.75 Å². The Morgan fingerprint density at radius 2 is 1.74 bits per heavy atom. The lowest BCUT2D eigenvalue weighted by Crippen LogP contribution is -2.51. The van der Waals surface area contributed by atoms with Crippen molar-refractivity contribution in [3.8, 4) is 5.75 Å². The summed E-state index contributed by atoms with van der Waals surface area (Å²) in [4.78, 5) is 28.5. The number of methoxy groups -OCH3 is 1. The second-order valence-electron chi connectivity index (χ2n) is 6.41. The van der Waals surface area contributed by atoms with Gasteiger partial charge in [0.15, 0.2) is 0 Å². The van der Waals surface area contributed by atoms with Crippen LogP contribution in [0, 0.1) is 6.92 Å². The van der Waals surface area contributed by atoms with E-state index in [9.17, 15) is 9.59 Å². The van der Waals surface area contributed by atoms with Crippen molar-refractivity contribution in [3.05, 3.63) is 58.6 Å². The van der Waals surface area contributed by atoms with Gasteiger partial charge in [-0.1, -0.05) is 23.7 Å². The molecule has 1 aliphatic rings. The number of carbonyl (C=O) groups excluding carboxylic acids is 2. The molecule has 1 aliphatic heterocycles. The van der Waals surface area contributed by atoms with Crippen molar-refractivity contribution in [3.63, 3.8) is 0 Å². The highest BCUT2D eigenvalue weighted by Gasteiger charge is 2.25. The van der Waals surface area contributed by atoms with E-state index in [0.29, 0.717) is 48.2 Å². The first-order valence-corrected chi connectivity index (χ1v) is 9.11. The van der Waals surface area contributed by atoms with E-state index >= 15 is 0 Å². The molecule has 0 spiro atoms. The molecule has 3 rings (SSSR count). The van der Waals surface area contributed by atoms with E-state index in [-0.39, 0.29) is 11.9 Å². The molecule has 1 fully saturated rings. The van der Waals surface area contributed by atoms with Gasteiger partial charge in [-0.3, -0.25) is 4.79 Å². The highest BCUT2D eigenvalue weighted by Crippen LogP contribution is 2.21. The minimum atomic E-state index is -0.191. The van der Waals surface area contributed by atoms with Gasteiger partial charge in [0.25, 0.3) is 5.91 Å². The monoisotopic (exact) mass is 387 g/mol. The summed E-state index contributed by atoms with van der Waals surface area (Å²) in [6.07, 6.45) is 0. The number of hydrogen-bond acceptors (Lipinski definition) is 3. The number of urea groups is 1. The lowest BCUT2D eigenvalue weighted by atomic mass is 10.1. The van der Waals surface area contributed by atoms with Gasteiger partial charge in [-0.25, -0.2) is 4.79 Å². The lowest BCUT2D eigenvalue weighted by Gasteiger charge is -2.34. The molecule has 0 unspecified atom stereocenters. The molecule has 27 heavy (non-hydrogen) atoms. The van der Waals surface area contributed by atoms with Crippen molar-refractivity contribution in [1.82, 2.24) is 9.80 Å². The number of ether oxygens (including phenoxy) is 1. The molecule has 0 atom stereocenters. The molecular formula is C20H22ClN3O3. The van der Waals surface area contributed by atoms with Crippen LogP contribution in [0.2, 0.25) is 5.02 Å². The van der Waals surface area contributed by atoms with Crippen molar-refractivity contribution in [2.75, 3.05) is 38.6 Å². The summed E-state index contributed by atoms with van der Waals surface area (Å²) in [6.45, 7) is 3.82. The summed E-state index contributed by atoms with van der Waals surface area (Å²) < 4.78 is 5.17. The zero-order chi connectivity index (χ0) is 19.4. The molecule has 0 radical (unpaired) electrons. The van der Waals surface area contributed by atoms with Gasteiger partial charge in [0.2, 0.25) is 0 Å². The number of benzene rings is 2. The molecule has 0 saturated carbocycles. The van der Waals surface area contributed by atoms with Gasteiger partial charge >= 0.3 is 6.03 Å². The van der Waals surface area contributed by atoms with E-state index < -0.39 is 0 Å². The van der Waals surface area contributed by atoms with E-state index in [1.807, 2.05) is 19.1 Å². The van der Waals surface area contributed by atoms with E-state index in [1.54, 1.807) is 47.2 Å². The third kappa shape index (κ3) is 4.52. The van der Waals surface area contributed by atoms with Crippen LogP contribution in [0.1, 0.15) is 15.9 Å². The third-order valence-electron chi connectivity index (χ3n) is 4.59. The van der Waals surface area contributed by atoms with Gasteiger partial charge in [0.05, 0.1) is 7.11 Å². The number of nitrogens with one attached hydrogen (secondary N) is 1. The van der Waals surface area contributed by atoms with E-state index in [4.69, 9.17) is 16.3 Å². The summed E-state index contributed by atoms with van der Waals surface area (Å²) in [6, 6.07) is 12.3. The Morgan fingerprint density at radius 1 is 1.04 bits per heavy atom. The standard InChI is InChI=1S/C20H22ClN3O3/c1-14-6-7-16(13-18(14)21)22-20(26)24-10-8-23(9-11-24)19(25)15-4-3-5-17(12-15)27-2/h3-7,12-13H,8-11H2,1-2H3,(H,22,26). The second kappa shape index (κ2) is 8.31. The number of hydrogen-bond donors (Lipinski definition) is 1. The Morgan fingerprint density at radius 3 is 2.41 bits per heavy atom. The quantitative estimate of drug-likeness (QED) is 0.874. The predicted octanol–water partition coefficient (Wildman–Crippen LogP) is 3.65. The molecule has 1 heterocycles. The molecule has 0 bridgehead atoms. The van der Waals surface area contributed by atoms with E-state index in [1.165, 1.54) is 0 Å². The van der Waals surface area contributed by atoms with Gasteiger partial charge < -0.3 is 19.9 Å². The van der Waals surface area contributed by atoms with Crippen molar-refractivity contribution in [2.24, 2.45) is 0 Å². The van der Waals surface area contributed by atoms with Crippen LogP contribution >= 0.6 is 11.6 Å². The maximum Gasteiger partial charge on any atom is 0.321 e. The average molecular weight is 388 g/mol. The molecule has 1 saturated heterocycles. The molecule has 1 N–H and O–H groups in total. The van der Waals surface area contributed by atoms with Crippen LogP contribution in [0.4, 0.5) is 10.5 Å². The van der Waals surface area contributed by atoms with E-state index in [2.05, 4.69) is 5.32 Å². The van der Waals surface area contributed by atoms with Gasteiger partial charge in [0, 0.05) is 42.5 Å². The summed E-state index contributed by atoms with van der Waals surface area (Å²) in [5.74, 6) is 0.592. The average Bonchev–Trinajstić information content (AvgIpc) is 2.70. The van der Waals surface area contributed by atoms with Gasteiger partial charge in [-0.15, -0.1) is 0 Å². The number of piperazine rings is 1. The highest BCUT2D eigenvalue weighted by molar-refractivity contribution is 6.31. The Labute approximate surface area is 163 Å². The van der Waals surface area contributed by atoms with Crippen LogP contribution in [-0.4, -0.2) is 55.0 Å². The Hall–Kier alpha value is -2.73. The minimum Gasteiger partial charge on any atom is -0.497 e. The van der Waals surface area contributed by atoms with Crippen molar-refractivity contribution in [1.29, 1.82) is 0 Å². The fraction of sp³-hybridized carbons (Fsp3) is 0.300. The smallest absolute Gasteiger partial charge is 0.321 e. The summed E-state index contributed by atoms with van der Waals surface area (Å²) in [5, 5.41) is 3.47. The maximum atomic E-state index is 12.6. The zero-order valence-electron chi connectivity index (χ0n) is 15.4.